The Labute approximate surface area is 118 Å². The molecule has 2 N–H and O–H groups in total. The van der Waals surface area contributed by atoms with Gasteiger partial charge in [-0.3, -0.25) is 4.90 Å². The van der Waals surface area contributed by atoms with Crippen LogP contribution in [0.3, 0.4) is 0 Å². The Morgan fingerprint density at radius 3 is 2.37 bits per heavy atom. The molecule has 0 saturated carbocycles. The van der Waals surface area contributed by atoms with Gasteiger partial charge in [0.15, 0.2) is 0 Å². The van der Waals surface area contributed by atoms with Crippen molar-refractivity contribution in [2.75, 3.05) is 39.3 Å². The quantitative estimate of drug-likeness (QED) is 0.838. The van der Waals surface area contributed by atoms with E-state index in [2.05, 4.69) is 37.5 Å². The summed E-state index contributed by atoms with van der Waals surface area (Å²) in [4.78, 5) is 5.15. The van der Waals surface area contributed by atoms with Crippen molar-refractivity contribution in [3.63, 3.8) is 0 Å². The predicted octanol–water partition coefficient (Wildman–Crippen LogP) is 1.30. The number of rotatable bonds is 3. The lowest BCUT2D eigenvalue weighted by Gasteiger charge is -2.54. The van der Waals surface area contributed by atoms with Crippen LogP contribution in [0.1, 0.15) is 40.5 Å². The third-order valence-corrected chi connectivity index (χ3v) is 4.85. The van der Waals surface area contributed by atoms with Gasteiger partial charge in [0, 0.05) is 25.2 Å². The molecule has 1 unspecified atom stereocenters. The van der Waals surface area contributed by atoms with Gasteiger partial charge >= 0.3 is 0 Å². The van der Waals surface area contributed by atoms with Crippen LogP contribution < -0.4 is 5.73 Å². The SMILES string of the molecule is CCN1CCC(CN)(N2CC(C)OC(C)(C)C2)CC1. The second-order valence-corrected chi connectivity index (χ2v) is 6.93. The van der Waals surface area contributed by atoms with Crippen molar-refractivity contribution in [1.29, 1.82) is 0 Å². The van der Waals surface area contributed by atoms with E-state index in [-0.39, 0.29) is 11.1 Å². The molecule has 2 rings (SSSR count). The van der Waals surface area contributed by atoms with E-state index >= 15 is 0 Å². The van der Waals surface area contributed by atoms with E-state index in [0.29, 0.717) is 6.10 Å². The molecule has 4 nitrogen and oxygen atoms in total. The molecule has 2 aliphatic heterocycles. The van der Waals surface area contributed by atoms with Gasteiger partial charge < -0.3 is 15.4 Å². The number of nitrogens with zero attached hydrogens (tertiary/aromatic N) is 2. The van der Waals surface area contributed by atoms with Gasteiger partial charge in [-0.2, -0.15) is 0 Å². The zero-order valence-electron chi connectivity index (χ0n) is 13.1. The highest BCUT2D eigenvalue weighted by atomic mass is 16.5. The molecule has 0 aromatic heterocycles. The molecule has 0 aromatic carbocycles. The van der Waals surface area contributed by atoms with Gasteiger partial charge in [0.05, 0.1) is 11.7 Å². The van der Waals surface area contributed by atoms with Gasteiger partial charge in [-0.05, 0) is 53.2 Å². The fourth-order valence-corrected chi connectivity index (χ4v) is 3.75. The fraction of sp³-hybridized carbons (Fsp3) is 1.00. The smallest absolute Gasteiger partial charge is 0.0757 e. The van der Waals surface area contributed by atoms with Crippen molar-refractivity contribution in [1.82, 2.24) is 9.80 Å². The van der Waals surface area contributed by atoms with E-state index in [9.17, 15) is 0 Å². The molecule has 0 amide bonds. The Morgan fingerprint density at radius 2 is 1.89 bits per heavy atom. The lowest BCUT2D eigenvalue weighted by atomic mass is 9.83. The molecule has 2 saturated heterocycles. The second kappa shape index (κ2) is 5.68. The minimum absolute atomic E-state index is 0.0538. The number of morpholine rings is 1. The van der Waals surface area contributed by atoms with Crippen molar-refractivity contribution in [3.05, 3.63) is 0 Å². The molecule has 0 bridgehead atoms. The number of hydrogen-bond acceptors (Lipinski definition) is 4. The predicted molar refractivity (Wildman–Crippen MR) is 79.3 cm³/mol. The largest absolute Gasteiger partial charge is 0.370 e. The zero-order chi connectivity index (χ0) is 14.1. The maximum atomic E-state index is 6.19. The van der Waals surface area contributed by atoms with Gasteiger partial charge in [-0.25, -0.2) is 0 Å². The average Bonchev–Trinajstić information content (AvgIpc) is 2.36. The zero-order valence-corrected chi connectivity index (χ0v) is 13.1. The normalized spacial score (nSPS) is 32.4. The maximum absolute atomic E-state index is 6.19. The van der Waals surface area contributed by atoms with Gasteiger partial charge in [0.25, 0.3) is 0 Å². The first-order chi connectivity index (χ1) is 8.91. The van der Waals surface area contributed by atoms with Gasteiger partial charge in [0.2, 0.25) is 0 Å². The monoisotopic (exact) mass is 269 g/mol. The van der Waals surface area contributed by atoms with Crippen LogP contribution in [-0.4, -0.2) is 66.3 Å². The lowest BCUT2D eigenvalue weighted by Crippen LogP contribution is -2.66. The number of likely N-dealkylation sites (tertiary alicyclic amines) is 1. The van der Waals surface area contributed by atoms with Crippen LogP contribution in [0.4, 0.5) is 0 Å². The summed E-state index contributed by atoms with van der Waals surface area (Å²) in [5.41, 5.74) is 6.33. The standard InChI is InChI=1S/C15H31N3O/c1-5-17-8-6-15(11-16,7-9-17)18-10-13(2)19-14(3,4)12-18/h13H,5-12,16H2,1-4H3. The minimum atomic E-state index is -0.0538. The third-order valence-electron chi connectivity index (χ3n) is 4.85. The molecule has 0 radical (unpaired) electrons. The van der Waals surface area contributed by atoms with Crippen LogP contribution >= 0.6 is 0 Å². The average molecular weight is 269 g/mol. The summed E-state index contributed by atoms with van der Waals surface area (Å²) in [5, 5.41) is 0. The van der Waals surface area contributed by atoms with Crippen molar-refractivity contribution >= 4 is 0 Å². The summed E-state index contributed by atoms with van der Waals surface area (Å²) in [6.07, 6.45) is 2.69. The number of nitrogens with two attached hydrogens (primary N) is 1. The first kappa shape index (κ1) is 15.2. The van der Waals surface area contributed by atoms with Crippen molar-refractivity contribution < 1.29 is 4.74 Å². The van der Waals surface area contributed by atoms with Crippen molar-refractivity contribution in [2.24, 2.45) is 5.73 Å². The molecule has 2 heterocycles. The van der Waals surface area contributed by atoms with Crippen LogP contribution in [0.15, 0.2) is 0 Å². The molecule has 1 atom stereocenters. The third kappa shape index (κ3) is 3.30. The lowest BCUT2D eigenvalue weighted by molar-refractivity contribution is -0.158. The second-order valence-electron chi connectivity index (χ2n) is 6.93. The topological polar surface area (TPSA) is 41.7 Å². The summed E-state index contributed by atoms with van der Waals surface area (Å²) >= 11 is 0. The van der Waals surface area contributed by atoms with Crippen LogP contribution in [0.5, 0.6) is 0 Å². The van der Waals surface area contributed by atoms with Crippen LogP contribution in [0.2, 0.25) is 0 Å². The van der Waals surface area contributed by atoms with E-state index in [4.69, 9.17) is 10.5 Å². The van der Waals surface area contributed by atoms with E-state index < -0.39 is 0 Å². The highest BCUT2D eigenvalue weighted by molar-refractivity contribution is 5.00. The van der Waals surface area contributed by atoms with Gasteiger partial charge in [-0.15, -0.1) is 0 Å². The van der Waals surface area contributed by atoms with Gasteiger partial charge in [-0.1, -0.05) is 6.92 Å². The number of ether oxygens (including phenoxy) is 1. The van der Waals surface area contributed by atoms with Crippen molar-refractivity contribution in [3.8, 4) is 0 Å². The Balaban J connectivity index is 2.08. The van der Waals surface area contributed by atoms with Crippen LogP contribution in [0.25, 0.3) is 0 Å². The molecule has 0 aromatic rings. The Morgan fingerprint density at radius 1 is 1.26 bits per heavy atom. The Hall–Kier alpha value is -0.160. The summed E-state index contributed by atoms with van der Waals surface area (Å²) in [5.74, 6) is 0. The molecule has 2 aliphatic rings. The van der Waals surface area contributed by atoms with E-state index in [0.717, 1.165) is 26.2 Å². The van der Waals surface area contributed by atoms with E-state index in [1.807, 2.05) is 0 Å². The number of piperidine rings is 1. The molecule has 112 valence electrons. The highest BCUT2D eigenvalue weighted by Crippen LogP contribution is 2.33. The van der Waals surface area contributed by atoms with Crippen LogP contribution in [-0.2, 0) is 4.74 Å². The van der Waals surface area contributed by atoms with Gasteiger partial charge in [0.1, 0.15) is 0 Å². The first-order valence-electron chi connectivity index (χ1n) is 7.76. The molecular formula is C15H31N3O. The molecule has 19 heavy (non-hydrogen) atoms. The van der Waals surface area contributed by atoms with E-state index in [1.165, 1.54) is 25.9 Å². The Bertz CT molecular complexity index is 298. The maximum Gasteiger partial charge on any atom is 0.0757 e. The summed E-state index contributed by atoms with van der Waals surface area (Å²) in [6.45, 7) is 15.1. The molecule has 2 fully saturated rings. The van der Waals surface area contributed by atoms with Crippen LogP contribution in [0, 0.1) is 0 Å². The first-order valence-corrected chi connectivity index (χ1v) is 7.76. The Kier molecular flexibility index (Phi) is 4.56. The molecule has 0 aliphatic carbocycles. The summed E-state index contributed by atoms with van der Waals surface area (Å²) < 4.78 is 6.03. The summed E-state index contributed by atoms with van der Waals surface area (Å²) in [7, 11) is 0. The van der Waals surface area contributed by atoms with E-state index in [1.54, 1.807) is 0 Å². The van der Waals surface area contributed by atoms with Crippen molar-refractivity contribution in [2.45, 2.75) is 57.8 Å². The molecule has 4 heteroatoms. The highest BCUT2D eigenvalue weighted by Gasteiger charge is 2.44. The fourth-order valence-electron chi connectivity index (χ4n) is 3.75. The minimum Gasteiger partial charge on any atom is -0.370 e. The number of hydrogen-bond donors (Lipinski definition) is 1. The molecule has 0 spiro atoms. The molecular weight excluding hydrogens is 238 g/mol. The summed E-state index contributed by atoms with van der Waals surface area (Å²) in [6, 6.07) is 0.